The van der Waals surface area contributed by atoms with Gasteiger partial charge in [-0.25, -0.2) is 9.37 Å². The number of carbonyl (C=O) groups is 1. The van der Waals surface area contributed by atoms with Crippen LogP contribution in [-0.2, 0) is 13.1 Å². The van der Waals surface area contributed by atoms with Crippen LogP contribution in [0.15, 0.2) is 59.5 Å². The summed E-state index contributed by atoms with van der Waals surface area (Å²) < 4.78 is 15.5. The molecule has 0 atom stereocenters. The lowest BCUT2D eigenvalue weighted by Crippen LogP contribution is -2.42. The van der Waals surface area contributed by atoms with Gasteiger partial charge in [-0.1, -0.05) is 65.2 Å². The van der Waals surface area contributed by atoms with Gasteiger partial charge in [-0.3, -0.25) is 14.0 Å². The summed E-state index contributed by atoms with van der Waals surface area (Å²) in [4.78, 5) is 32.4. The van der Waals surface area contributed by atoms with Crippen LogP contribution in [0.2, 0.25) is 0 Å². The largest absolute Gasteiger partial charge is 0.357 e. The van der Waals surface area contributed by atoms with Crippen LogP contribution in [0.1, 0.15) is 88.0 Å². The van der Waals surface area contributed by atoms with Crippen LogP contribution in [0.25, 0.3) is 16.6 Å². The third-order valence-electron chi connectivity index (χ3n) is 6.71. The number of benzene rings is 1. The number of aromatic nitrogens is 3. The van der Waals surface area contributed by atoms with E-state index in [1.165, 1.54) is 29.7 Å². The van der Waals surface area contributed by atoms with E-state index in [4.69, 9.17) is 0 Å². The van der Waals surface area contributed by atoms with Gasteiger partial charge in [0.1, 0.15) is 17.0 Å². The molecule has 0 saturated heterocycles. The van der Waals surface area contributed by atoms with Gasteiger partial charge in [-0.2, -0.15) is 0 Å². The van der Waals surface area contributed by atoms with E-state index in [0.29, 0.717) is 38.1 Å². The molecule has 3 heterocycles. The smallest absolute Gasteiger partial charge is 0.270 e. The van der Waals surface area contributed by atoms with Gasteiger partial charge in [0.15, 0.2) is 0 Å². The topological polar surface area (TPSA) is 91.3 Å². The van der Waals surface area contributed by atoms with Crippen molar-refractivity contribution in [2.75, 3.05) is 6.54 Å². The second-order valence-electron chi connectivity index (χ2n) is 9.77. The molecule has 0 aliphatic heterocycles. The molecule has 210 valence electrons. The molecule has 3 N–H and O–H groups in total. The van der Waals surface area contributed by atoms with Gasteiger partial charge in [0.2, 0.25) is 0 Å². The number of hydrogen-bond donors (Lipinski definition) is 3. The highest BCUT2D eigenvalue weighted by Gasteiger charge is 2.36. The van der Waals surface area contributed by atoms with Crippen molar-refractivity contribution < 1.29 is 9.18 Å². The summed E-state index contributed by atoms with van der Waals surface area (Å²) in [6.45, 7) is 9.69. The van der Waals surface area contributed by atoms with Crippen LogP contribution in [-0.4, -0.2) is 32.5 Å². The number of aromatic amines is 1. The summed E-state index contributed by atoms with van der Waals surface area (Å²) in [7, 11) is 0. The van der Waals surface area contributed by atoms with Crippen molar-refractivity contribution in [1.82, 2.24) is 25.0 Å². The summed E-state index contributed by atoms with van der Waals surface area (Å²) >= 11 is 0. The normalized spacial score (nSPS) is 13.6. The molecule has 8 heteroatoms. The Morgan fingerprint density at radius 2 is 1.85 bits per heavy atom. The average Bonchev–Trinajstić information content (AvgIpc) is 3.34. The van der Waals surface area contributed by atoms with Crippen molar-refractivity contribution >= 4 is 22.5 Å². The molecule has 1 amide bonds. The van der Waals surface area contributed by atoms with E-state index in [9.17, 15) is 14.0 Å². The second-order valence-corrected chi connectivity index (χ2v) is 9.77. The summed E-state index contributed by atoms with van der Waals surface area (Å²) in [5.41, 5.74) is 2.04. The lowest BCUT2D eigenvalue weighted by atomic mass is 9.82. The monoisotopic (exact) mass is 535 g/mol. The van der Waals surface area contributed by atoms with Gasteiger partial charge in [0.25, 0.3) is 11.5 Å². The van der Waals surface area contributed by atoms with Crippen LogP contribution in [0.4, 0.5) is 4.39 Å². The molecule has 1 aromatic carbocycles. The summed E-state index contributed by atoms with van der Waals surface area (Å²) in [6, 6.07) is 14.4. The molecular formula is C31H42FN5O2. The Morgan fingerprint density at radius 1 is 1.08 bits per heavy atom. The minimum absolute atomic E-state index is 0.0904. The fraction of sp³-hybridized carbons (Fsp3) is 0.452. The Balaban J connectivity index is 0.000000542. The van der Waals surface area contributed by atoms with Crippen molar-refractivity contribution in [3.8, 4) is 0 Å². The van der Waals surface area contributed by atoms with Crippen molar-refractivity contribution in [1.29, 1.82) is 0 Å². The van der Waals surface area contributed by atoms with Gasteiger partial charge < -0.3 is 15.6 Å². The number of nitrogens with zero attached hydrogens (tertiary/aromatic N) is 2. The molecule has 5 rings (SSSR count). The molecule has 3 aromatic heterocycles. The number of hydrogen-bond acceptors (Lipinski definition) is 4. The van der Waals surface area contributed by atoms with E-state index >= 15 is 0 Å². The number of rotatable bonds is 9. The molecule has 39 heavy (non-hydrogen) atoms. The van der Waals surface area contributed by atoms with Gasteiger partial charge in [0.05, 0.1) is 0 Å². The zero-order chi connectivity index (χ0) is 28.3. The van der Waals surface area contributed by atoms with Gasteiger partial charge in [0, 0.05) is 43.1 Å². The van der Waals surface area contributed by atoms with E-state index < -0.39 is 11.6 Å². The highest BCUT2D eigenvalue weighted by Crippen LogP contribution is 2.35. The van der Waals surface area contributed by atoms with Gasteiger partial charge in [-0.15, -0.1) is 0 Å². The molecule has 0 unspecified atom stereocenters. The van der Waals surface area contributed by atoms with E-state index in [1.807, 2.05) is 38.1 Å². The average molecular weight is 536 g/mol. The van der Waals surface area contributed by atoms with E-state index in [2.05, 4.69) is 34.4 Å². The number of amides is 1. The fourth-order valence-electron chi connectivity index (χ4n) is 4.39. The number of halogens is 1. The molecular weight excluding hydrogens is 493 g/mol. The highest BCUT2D eigenvalue weighted by atomic mass is 19.1. The maximum Gasteiger partial charge on any atom is 0.270 e. The molecule has 1 fully saturated rings. The quantitative estimate of drug-likeness (QED) is 0.234. The molecule has 0 radical (unpaired) electrons. The number of nitrogens with one attached hydrogen (secondary N) is 3. The zero-order valence-electron chi connectivity index (χ0n) is 23.6. The highest BCUT2D eigenvalue weighted by molar-refractivity contribution is 5.92. The SMILES string of the molecule is CC.CCCCC.O=C(NCc1ccc2cc(CNCC3(F)CCC3)[nH]c2c1)c1cc(=O)n2ccccc2n1. The molecule has 1 aliphatic carbocycles. The van der Waals surface area contributed by atoms with Crippen molar-refractivity contribution in [3.05, 3.63) is 82.0 Å². The summed E-state index contributed by atoms with van der Waals surface area (Å²) in [5.74, 6) is -0.402. The Labute approximate surface area is 230 Å². The molecule has 1 saturated carbocycles. The van der Waals surface area contributed by atoms with E-state index in [0.717, 1.165) is 28.6 Å². The fourth-order valence-corrected chi connectivity index (χ4v) is 4.39. The first kappa shape index (κ1) is 30.0. The maximum atomic E-state index is 14.1. The number of alkyl halides is 1. The number of pyridine rings is 1. The van der Waals surface area contributed by atoms with Gasteiger partial charge in [-0.05, 0) is 54.5 Å². The predicted octanol–water partition coefficient (Wildman–Crippen LogP) is 6.31. The summed E-state index contributed by atoms with van der Waals surface area (Å²) in [6.07, 6.45) is 7.95. The number of H-pyrrole nitrogens is 1. The Bertz CT molecular complexity index is 1410. The first-order chi connectivity index (χ1) is 18.9. The Hall–Kier alpha value is -3.52. The Kier molecular flexibility index (Phi) is 11.2. The Morgan fingerprint density at radius 3 is 2.51 bits per heavy atom. The van der Waals surface area contributed by atoms with Gasteiger partial charge >= 0.3 is 0 Å². The summed E-state index contributed by atoms with van der Waals surface area (Å²) in [5, 5.41) is 7.08. The van der Waals surface area contributed by atoms with Crippen LogP contribution < -0.4 is 16.2 Å². The minimum atomic E-state index is -1.04. The first-order valence-electron chi connectivity index (χ1n) is 14.2. The zero-order valence-corrected chi connectivity index (χ0v) is 23.6. The van der Waals surface area contributed by atoms with Crippen molar-refractivity contribution in [2.24, 2.45) is 0 Å². The molecule has 0 spiro atoms. The number of unbranched alkanes of at least 4 members (excludes halogenated alkanes) is 2. The van der Waals surface area contributed by atoms with Crippen molar-refractivity contribution in [2.45, 2.75) is 85.0 Å². The van der Waals surface area contributed by atoms with E-state index in [-0.39, 0.29) is 11.3 Å². The van der Waals surface area contributed by atoms with Crippen LogP contribution in [0.5, 0.6) is 0 Å². The second kappa shape index (κ2) is 14.6. The van der Waals surface area contributed by atoms with Crippen LogP contribution in [0, 0.1) is 0 Å². The maximum absolute atomic E-state index is 14.1. The molecule has 7 nitrogen and oxygen atoms in total. The molecule has 1 aliphatic rings. The van der Waals surface area contributed by atoms with Crippen molar-refractivity contribution in [3.63, 3.8) is 0 Å². The van der Waals surface area contributed by atoms with E-state index in [1.54, 1.807) is 24.4 Å². The molecule has 4 aromatic rings. The molecule has 0 bridgehead atoms. The van der Waals surface area contributed by atoms with Crippen LogP contribution >= 0.6 is 0 Å². The first-order valence-corrected chi connectivity index (χ1v) is 14.2. The third-order valence-corrected chi connectivity index (χ3v) is 6.71. The van der Waals surface area contributed by atoms with Crippen LogP contribution in [0.3, 0.4) is 0 Å². The standard InChI is InChI=1S/C24H24FN5O2.C5H12.C2H6/c25-24(7-3-8-24)15-26-14-18-11-17-6-5-16(10-19(17)28-18)13-27-23(32)20-12-22(31)30-9-2-1-4-21(30)29-20;1-3-5-4-2;1-2/h1-2,4-6,9-12,26,28H,3,7-8,13-15H2,(H,27,32);3-5H2,1-2H3;1-2H3. The minimum Gasteiger partial charge on any atom is -0.357 e. The lowest BCUT2D eigenvalue weighted by Gasteiger charge is -2.33. The predicted molar refractivity (Wildman–Crippen MR) is 157 cm³/mol. The number of carbonyl (C=O) groups excluding carboxylic acids is 1. The lowest BCUT2D eigenvalue weighted by molar-refractivity contribution is 0.0629. The third kappa shape index (κ3) is 8.23. The number of fused-ring (bicyclic) bond motifs is 2.